The maximum absolute atomic E-state index is 11.5. The quantitative estimate of drug-likeness (QED) is 0.0972. The molecule has 7 heteroatoms. The van der Waals surface area contributed by atoms with Gasteiger partial charge in [-0.3, -0.25) is 14.8 Å². The van der Waals surface area contributed by atoms with Crippen LogP contribution in [0.25, 0.3) is 67.5 Å². The molecule has 0 aliphatic carbocycles. The number of hydrogen-bond acceptors (Lipinski definition) is 6. The van der Waals surface area contributed by atoms with E-state index in [0.29, 0.717) is 0 Å². The van der Waals surface area contributed by atoms with Gasteiger partial charge < -0.3 is 15.1 Å². The molecular formula is C55H50IrN4O2-2. The van der Waals surface area contributed by atoms with Crippen molar-refractivity contribution in [3.8, 4) is 67.5 Å². The summed E-state index contributed by atoms with van der Waals surface area (Å²) in [6.45, 7) is 11.1. The molecule has 1 N–H and O–H groups in total. The number of allylic oxidation sites excluding steroid dienone is 2. The smallest absolute Gasteiger partial charge is 0.164 e. The number of aromatic nitrogens is 4. The maximum Gasteiger partial charge on any atom is 0.164 e. The van der Waals surface area contributed by atoms with Crippen LogP contribution < -0.4 is 0 Å². The molecule has 0 aliphatic rings. The zero-order valence-electron chi connectivity index (χ0n) is 35.9. The van der Waals surface area contributed by atoms with Crippen molar-refractivity contribution in [3.05, 3.63) is 206 Å². The first-order valence-corrected chi connectivity index (χ1v) is 20.2. The summed E-state index contributed by atoms with van der Waals surface area (Å²) in [6.07, 6.45) is 5.00. The summed E-state index contributed by atoms with van der Waals surface area (Å²) in [5.74, 6) is 0.104. The first-order chi connectivity index (χ1) is 29.4. The van der Waals surface area contributed by atoms with Gasteiger partial charge in [0.2, 0.25) is 0 Å². The Balaban J connectivity index is 0.000000183. The Labute approximate surface area is 379 Å². The SMILES string of the molecule is CC(C)(C)C(=O)C=C(O)C(C)(C)C.[Ir].[c-]1ccccc1-c1ncc(-c2ccccc2)nc1-c1ccccc1.[c-]1ccccc1-c1ncc(-c2ccccc2)nc1-c1ccccc1. The zero-order valence-corrected chi connectivity index (χ0v) is 38.3. The van der Waals surface area contributed by atoms with Crippen LogP contribution in [0.15, 0.2) is 194 Å². The third kappa shape index (κ3) is 12.7. The van der Waals surface area contributed by atoms with Crippen LogP contribution in [-0.2, 0) is 24.9 Å². The molecule has 8 rings (SSSR count). The number of nitrogens with zero attached hydrogens (tertiary/aromatic N) is 4. The van der Waals surface area contributed by atoms with Gasteiger partial charge in [0.1, 0.15) is 5.76 Å². The predicted octanol–water partition coefficient (Wildman–Crippen LogP) is 13.6. The fraction of sp³-hybridized carbons (Fsp3) is 0.145. The van der Waals surface area contributed by atoms with Gasteiger partial charge in [0.15, 0.2) is 5.78 Å². The predicted molar refractivity (Wildman–Crippen MR) is 249 cm³/mol. The molecule has 1 radical (unpaired) electrons. The summed E-state index contributed by atoms with van der Waals surface area (Å²) in [5, 5.41) is 9.56. The van der Waals surface area contributed by atoms with Crippen LogP contribution in [0.3, 0.4) is 0 Å². The number of aliphatic hydroxyl groups excluding tert-OH is 1. The second-order valence-electron chi connectivity index (χ2n) is 16.3. The Morgan fingerprint density at radius 1 is 0.468 bits per heavy atom. The fourth-order valence-corrected chi connectivity index (χ4v) is 5.90. The molecular weight excluding hydrogens is 941 g/mol. The minimum atomic E-state index is -0.417. The second kappa shape index (κ2) is 21.7. The maximum atomic E-state index is 11.5. The van der Waals surface area contributed by atoms with Crippen LogP contribution in [0, 0.1) is 23.0 Å². The molecule has 0 spiro atoms. The zero-order chi connectivity index (χ0) is 43.2. The van der Waals surface area contributed by atoms with Gasteiger partial charge in [0.25, 0.3) is 0 Å². The van der Waals surface area contributed by atoms with E-state index < -0.39 is 5.41 Å². The van der Waals surface area contributed by atoms with Crippen LogP contribution in [0.5, 0.6) is 0 Å². The van der Waals surface area contributed by atoms with Crippen LogP contribution in [0.4, 0.5) is 0 Å². The van der Waals surface area contributed by atoms with Gasteiger partial charge in [0.05, 0.1) is 22.8 Å². The number of hydrogen-bond donors (Lipinski definition) is 1. The number of rotatable bonds is 7. The molecule has 0 fully saturated rings. The van der Waals surface area contributed by atoms with Crippen molar-refractivity contribution in [2.24, 2.45) is 10.8 Å². The first kappa shape index (κ1) is 46.4. The molecule has 62 heavy (non-hydrogen) atoms. The molecule has 0 saturated heterocycles. The molecule has 0 unspecified atom stereocenters. The largest absolute Gasteiger partial charge is 0.512 e. The van der Waals surface area contributed by atoms with Gasteiger partial charge in [-0.1, -0.05) is 163 Å². The van der Waals surface area contributed by atoms with Crippen LogP contribution >= 0.6 is 0 Å². The van der Waals surface area contributed by atoms with Gasteiger partial charge in [-0.05, 0) is 11.1 Å². The number of carbonyl (C=O) groups excluding carboxylic acids is 1. The molecule has 0 aliphatic heterocycles. The Hall–Kier alpha value is -6.66. The molecule has 313 valence electrons. The minimum absolute atomic E-state index is 0. The van der Waals surface area contributed by atoms with E-state index in [-0.39, 0.29) is 37.1 Å². The summed E-state index contributed by atoms with van der Waals surface area (Å²) < 4.78 is 0. The molecule has 0 bridgehead atoms. The second-order valence-corrected chi connectivity index (χ2v) is 16.3. The van der Waals surface area contributed by atoms with E-state index in [1.165, 1.54) is 6.08 Å². The third-order valence-electron chi connectivity index (χ3n) is 9.48. The van der Waals surface area contributed by atoms with Crippen LogP contribution in [-0.4, -0.2) is 30.8 Å². The standard InChI is InChI=1S/2C22H15N2.C11H20O2.Ir/c2*1-4-10-17(11-5-1)20-16-23-21(18-12-6-2-7-13-18)22(24-20)19-14-8-3-9-15-19;1-10(2,3)8(12)7-9(13)11(4,5)6;/h2*1-12,14-16H;7,12H,1-6H3;/q2*-1;;. The molecule has 2 aromatic heterocycles. The minimum Gasteiger partial charge on any atom is -0.512 e. The van der Waals surface area contributed by atoms with E-state index in [2.05, 4.69) is 36.4 Å². The Morgan fingerprint density at radius 3 is 1.11 bits per heavy atom. The topological polar surface area (TPSA) is 88.9 Å². The van der Waals surface area contributed by atoms with Crippen molar-refractivity contribution < 1.29 is 30.0 Å². The van der Waals surface area contributed by atoms with Gasteiger partial charge in [0, 0.05) is 71.9 Å². The van der Waals surface area contributed by atoms with Crippen LogP contribution in [0.2, 0.25) is 0 Å². The first-order valence-electron chi connectivity index (χ1n) is 20.2. The number of carbonyl (C=O) groups is 1. The van der Waals surface area contributed by atoms with E-state index in [1.54, 1.807) is 0 Å². The van der Waals surface area contributed by atoms with Crippen molar-refractivity contribution in [3.63, 3.8) is 0 Å². The number of aliphatic hydroxyl groups is 1. The number of ketones is 1. The van der Waals surface area contributed by atoms with Gasteiger partial charge in [-0.2, -0.15) is 0 Å². The Kier molecular flexibility index (Phi) is 16.3. The molecule has 2 heterocycles. The summed E-state index contributed by atoms with van der Waals surface area (Å²) in [4.78, 5) is 30.7. The van der Waals surface area contributed by atoms with Crippen LogP contribution in [0.1, 0.15) is 41.5 Å². The summed E-state index contributed by atoms with van der Waals surface area (Å²) in [5.41, 5.74) is 10.5. The molecule has 0 amide bonds. The van der Waals surface area contributed by atoms with Crippen molar-refractivity contribution in [1.29, 1.82) is 0 Å². The number of benzene rings is 6. The van der Waals surface area contributed by atoms with Crippen molar-refractivity contribution in [2.75, 3.05) is 0 Å². The Bertz CT molecular complexity index is 2480. The molecule has 0 saturated carbocycles. The summed E-state index contributed by atoms with van der Waals surface area (Å²) >= 11 is 0. The summed E-state index contributed by atoms with van der Waals surface area (Å²) in [6, 6.07) is 62.8. The molecule has 6 nitrogen and oxygen atoms in total. The van der Waals surface area contributed by atoms with Gasteiger partial charge >= 0.3 is 0 Å². The van der Waals surface area contributed by atoms with E-state index >= 15 is 0 Å². The van der Waals surface area contributed by atoms with Crippen molar-refractivity contribution >= 4 is 5.78 Å². The van der Waals surface area contributed by atoms with Gasteiger partial charge in [-0.25, -0.2) is 0 Å². The van der Waals surface area contributed by atoms with Crippen molar-refractivity contribution in [1.82, 2.24) is 19.9 Å². The molecule has 6 aromatic carbocycles. The Morgan fingerprint density at radius 2 is 0.806 bits per heavy atom. The fourth-order valence-electron chi connectivity index (χ4n) is 5.90. The van der Waals surface area contributed by atoms with E-state index in [1.807, 2.05) is 200 Å². The van der Waals surface area contributed by atoms with Gasteiger partial charge in [-0.15, -0.1) is 71.8 Å². The van der Waals surface area contributed by atoms with E-state index in [0.717, 1.165) is 67.5 Å². The van der Waals surface area contributed by atoms with E-state index in [9.17, 15) is 9.90 Å². The normalized spacial score (nSPS) is 11.2. The molecule has 8 aromatic rings. The third-order valence-corrected chi connectivity index (χ3v) is 9.48. The van der Waals surface area contributed by atoms with Crippen molar-refractivity contribution in [2.45, 2.75) is 41.5 Å². The monoisotopic (exact) mass is 991 g/mol. The molecule has 0 atom stereocenters. The average molecular weight is 991 g/mol. The van der Waals surface area contributed by atoms with E-state index in [4.69, 9.17) is 19.9 Å². The average Bonchev–Trinajstić information content (AvgIpc) is 3.30. The summed E-state index contributed by atoms with van der Waals surface area (Å²) in [7, 11) is 0.